The van der Waals surface area contributed by atoms with E-state index in [0.717, 1.165) is 25.9 Å². The van der Waals surface area contributed by atoms with E-state index in [9.17, 15) is 4.79 Å². The Bertz CT molecular complexity index is 272. The number of nitrogens with zero attached hydrogens (tertiary/aromatic N) is 3. The van der Waals surface area contributed by atoms with Gasteiger partial charge in [0.2, 0.25) is 5.91 Å². The number of amides is 1. The maximum absolute atomic E-state index is 11.5. The summed E-state index contributed by atoms with van der Waals surface area (Å²) in [6, 6.07) is 2.35. The van der Waals surface area contributed by atoms with Crippen molar-refractivity contribution < 1.29 is 4.79 Å². The molecule has 0 aromatic rings. The Morgan fingerprint density at radius 3 is 2.40 bits per heavy atom. The van der Waals surface area contributed by atoms with Gasteiger partial charge in [-0.15, -0.1) is 0 Å². The Hall–Kier alpha value is -1.08. The van der Waals surface area contributed by atoms with Gasteiger partial charge in [-0.2, -0.15) is 5.26 Å². The summed E-state index contributed by atoms with van der Waals surface area (Å²) in [7, 11) is 3.54. The van der Waals surface area contributed by atoms with Gasteiger partial charge in [-0.3, -0.25) is 9.69 Å². The summed E-state index contributed by atoms with van der Waals surface area (Å²) in [4.78, 5) is 15.2. The number of carbonyl (C=O) groups is 1. The van der Waals surface area contributed by atoms with E-state index in [1.165, 1.54) is 0 Å². The number of nitriles is 1. The first-order valence-corrected chi connectivity index (χ1v) is 5.31. The topological polar surface area (TPSA) is 47.3 Å². The first-order chi connectivity index (χ1) is 6.97. The van der Waals surface area contributed by atoms with Gasteiger partial charge in [0.25, 0.3) is 0 Å². The molecular weight excluding hydrogens is 190 g/mol. The molecule has 0 saturated carbocycles. The molecular formula is C11H19N3O. The molecule has 0 aromatic carbocycles. The van der Waals surface area contributed by atoms with Crippen LogP contribution in [-0.2, 0) is 4.79 Å². The molecule has 0 bridgehead atoms. The van der Waals surface area contributed by atoms with E-state index in [1.54, 1.807) is 19.0 Å². The quantitative estimate of drug-likeness (QED) is 0.672. The average molecular weight is 209 g/mol. The number of hydrogen-bond donors (Lipinski definition) is 0. The molecule has 15 heavy (non-hydrogen) atoms. The van der Waals surface area contributed by atoms with Gasteiger partial charge in [0, 0.05) is 27.2 Å². The van der Waals surface area contributed by atoms with Crippen molar-refractivity contribution in [3.63, 3.8) is 0 Å². The Morgan fingerprint density at radius 2 is 2.00 bits per heavy atom. The van der Waals surface area contributed by atoms with Crippen LogP contribution >= 0.6 is 0 Å². The molecule has 4 nitrogen and oxygen atoms in total. The number of hydrogen-bond acceptors (Lipinski definition) is 3. The first kappa shape index (κ1) is 12.0. The van der Waals surface area contributed by atoms with E-state index in [0.29, 0.717) is 6.54 Å². The zero-order valence-electron chi connectivity index (χ0n) is 9.79. The van der Waals surface area contributed by atoms with Crippen molar-refractivity contribution >= 4 is 5.91 Å². The van der Waals surface area contributed by atoms with Crippen LogP contribution in [0, 0.1) is 16.7 Å². The molecule has 84 valence electrons. The molecule has 1 fully saturated rings. The van der Waals surface area contributed by atoms with Crippen molar-refractivity contribution in [1.29, 1.82) is 5.26 Å². The fourth-order valence-corrected chi connectivity index (χ4v) is 1.65. The molecule has 0 aromatic heterocycles. The Balaban J connectivity index is 2.39. The lowest BCUT2D eigenvalue weighted by atomic mass is 9.82. The highest BCUT2D eigenvalue weighted by molar-refractivity contribution is 5.77. The molecule has 1 heterocycles. The first-order valence-electron chi connectivity index (χ1n) is 5.31. The normalized spacial score (nSPS) is 20.7. The van der Waals surface area contributed by atoms with Gasteiger partial charge in [-0.05, 0) is 19.8 Å². The molecule has 0 unspecified atom stereocenters. The van der Waals surface area contributed by atoms with Crippen molar-refractivity contribution in [3.05, 3.63) is 0 Å². The molecule has 0 N–H and O–H groups in total. The van der Waals surface area contributed by atoms with E-state index in [1.807, 2.05) is 6.92 Å². The molecule has 1 amide bonds. The van der Waals surface area contributed by atoms with Crippen LogP contribution in [0.15, 0.2) is 0 Å². The third-order valence-electron chi connectivity index (χ3n) is 3.09. The summed E-state index contributed by atoms with van der Waals surface area (Å²) in [5.41, 5.74) is -0.183. The predicted molar refractivity (Wildman–Crippen MR) is 58.1 cm³/mol. The number of piperidine rings is 1. The summed E-state index contributed by atoms with van der Waals surface area (Å²) in [6.07, 6.45) is 1.73. The number of likely N-dealkylation sites (tertiary alicyclic amines) is 1. The number of rotatable bonds is 2. The second-order valence-corrected chi connectivity index (χ2v) is 4.74. The van der Waals surface area contributed by atoms with Gasteiger partial charge < -0.3 is 4.90 Å². The Kier molecular flexibility index (Phi) is 3.70. The fraction of sp³-hybridized carbons (Fsp3) is 0.818. The van der Waals surface area contributed by atoms with Crippen molar-refractivity contribution in [2.75, 3.05) is 33.7 Å². The predicted octanol–water partition coefficient (Wildman–Crippen LogP) is 0.700. The van der Waals surface area contributed by atoms with Crippen molar-refractivity contribution in [2.45, 2.75) is 19.8 Å². The summed E-state index contributed by atoms with van der Waals surface area (Å²) in [5, 5.41) is 8.96. The lowest BCUT2D eigenvalue weighted by Crippen LogP contribution is -2.43. The zero-order chi connectivity index (χ0) is 11.5. The highest BCUT2D eigenvalue weighted by atomic mass is 16.2. The van der Waals surface area contributed by atoms with Crippen molar-refractivity contribution in [1.82, 2.24) is 9.80 Å². The average Bonchev–Trinajstić information content (AvgIpc) is 2.21. The lowest BCUT2D eigenvalue weighted by molar-refractivity contribution is -0.130. The fourth-order valence-electron chi connectivity index (χ4n) is 1.65. The third kappa shape index (κ3) is 3.21. The molecule has 0 radical (unpaired) electrons. The van der Waals surface area contributed by atoms with Gasteiger partial charge in [0.1, 0.15) is 0 Å². The standard InChI is InChI=1S/C11H19N3O/c1-11(9-12)4-6-14(7-5-11)8-10(15)13(2)3/h4-8H2,1-3H3. The second kappa shape index (κ2) is 4.63. The third-order valence-corrected chi connectivity index (χ3v) is 3.09. The molecule has 0 spiro atoms. The van der Waals surface area contributed by atoms with Crippen molar-refractivity contribution in [3.8, 4) is 6.07 Å². The summed E-state index contributed by atoms with van der Waals surface area (Å²) in [6.45, 7) is 4.18. The Labute approximate surface area is 91.5 Å². The molecule has 0 aliphatic carbocycles. The second-order valence-electron chi connectivity index (χ2n) is 4.74. The monoisotopic (exact) mass is 209 g/mol. The molecule has 1 rings (SSSR count). The highest BCUT2D eigenvalue weighted by Gasteiger charge is 2.30. The number of carbonyl (C=O) groups excluding carboxylic acids is 1. The van der Waals surface area contributed by atoms with Gasteiger partial charge in [0.05, 0.1) is 18.0 Å². The van der Waals surface area contributed by atoms with E-state index in [-0.39, 0.29) is 11.3 Å². The largest absolute Gasteiger partial charge is 0.348 e. The van der Waals surface area contributed by atoms with Crippen LogP contribution in [-0.4, -0.2) is 49.4 Å². The van der Waals surface area contributed by atoms with Crippen molar-refractivity contribution in [2.24, 2.45) is 5.41 Å². The van der Waals surface area contributed by atoms with E-state index in [4.69, 9.17) is 5.26 Å². The van der Waals surface area contributed by atoms with E-state index < -0.39 is 0 Å². The Morgan fingerprint density at radius 1 is 1.47 bits per heavy atom. The lowest BCUT2D eigenvalue weighted by Gasteiger charge is -2.34. The van der Waals surface area contributed by atoms with Gasteiger partial charge in [0.15, 0.2) is 0 Å². The minimum Gasteiger partial charge on any atom is -0.348 e. The summed E-state index contributed by atoms with van der Waals surface area (Å²) >= 11 is 0. The van der Waals surface area contributed by atoms with Crippen LogP contribution in [0.3, 0.4) is 0 Å². The van der Waals surface area contributed by atoms with Crippen LogP contribution in [0.2, 0.25) is 0 Å². The highest BCUT2D eigenvalue weighted by Crippen LogP contribution is 2.29. The molecule has 4 heteroatoms. The summed E-state index contributed by atoms with van der Waals surface area (Å²) < 4.78 is 0. The van der Waals surface area contributed by atoms with Crippen LogP contribution < -0.4 is 0 Å². The minimum absolute atomic E-state index is 0.135. The zero-order valence-corrected chi connectivity index (χ0v) is 9.79. The van der Waals surface area contributed by atoms with Crippen LogP contribution in [0.4, 0.5) is 0 Å². The molecule has 1 aliphatic rings. The van der Waals surface area contributed by atoms with Gasteiger partial charge in [-0.1, -0.05) is 0 Å². The van der Waals surface area contributed by atoms with Crippen LogP contribution in [0.25, 0.3) is 0 Å². The maximum atomic E-state index is 11.5. The molecule has 0 atom stereocenters. The van der Waals surface area contributed by atoms with Crippen LogP contribution in [0.1, 0.15) is 19.8 Å². The van der Waals surface area contributed by atoms with E-state index in [2.05, 4.69) is 11.0 Å². The van der Waals surface area contributed by atoms with Crippen LogP contribution in [0.5, 0.6) is 0 Å². The SMILES string of the molecule is CN(C)C(=O)CN1CCC(C)(C#N)CC1. The number of likely N-dealkylation sites (N-methyl/N-ethyl adjacent to an activating group) is 1. The summed E-state index contributed by atoms with van der Waals surface area (Å²) in [5.74, 6) is 0.135. The molecule has 1 aliphatic heterocycles. The smallest absolute Gasteiger partial charge is 0.236 e. The maximum Gasteiger partial charge on any atom is 0.236 e. The minimum atomic E-state index is -0.183. The van der Waals surface area contributed by atoms with Gasteiger partial charge >= 0.3 is 0 Å². The van der Waals surface area contributed by atoms with Gasteiger partial charge in [-0.25, -0.2) is 0 Å². The molecule has 1 saturated heterocycles. The van der Waals surface area contributed by atoms with E-state index >= 15 is 0 Å².